The van der Waals surface area contributed by atoms with E-state index in [-0.39, 0.29) is 5.82 Å². The number of nitrogens with zero attached hydrogens (tertiary/aromatic N) is 2. The minimum Gasteiger partial charge on any atom is -0.490 e. The number of nitrogens with one attached hydrogen (secondary N) is 1. The second-order valence-electron chi connectivity index (χ2n) is 7.01. The molecular formula is C25H24F3N3O2. The van der Waals surface area contributed by atoms with Gasteiger partial charge in [-0.2, -0.15) is 18.3 Å². The summed E-state index contributed by atoms with van der Waals surface area (Å²) in [5, 5.41) is 4.09. The molecule has 2 aromatic carbocycles. The Morgan fingerprint density at radius 3 is 2.52 bits per heavy atom. The number of anilines is 1. The number of allylic oxidation sites excluding steroid dienone is 1. The van der Waals surface area contributed by atoms with Gasteiger partial charge in [0.05, 0.1) is 18.4 Å². The average Bonchev–Trinajstić information content (AvgIpc) is 2.79. The molecule has 0 aliphatic rings. The Hall–Kier alpha value is -3.81. The summed E-state index contributed by atoms with van der Waals surface area (Å²) in [6.45, 7) is 6.53. The first-order valence-corrected chi connectivity index (χ1v) is 10.3. The van der Waals surface area contributed by atoms with E-state index >= 15 is 0 Å². The van der Waals surface area contributed by atoms with E-state index in [1.807, 2.05) is 43.3 Å². The molecule has 1 N–H and O–H groups in total. The van der Waals surface area contributed by atoms with Gasteiger partial charge in [0.15, 0.2) is 11.5 Å². The Kier molecular flexibility index (Phi) is 8.07. The molecule has 0 aliphatic carbocycles. The van der Waals surface area contributed by atoms with Crippen LogP contribution in [0.1, 0.15) is 29.2 Å². The van der Waals surface area contributed by atoms with Crippen molar-refractivity contribution >= 4 is 12.0 Å². The predicted molar refractivity (Wildman–Crippen MR) is 123 cm³/mol. The van der Waals surface area contributed by atoms with Gasteiger partial charge >= 0.3 is 6.18 Å². The predicted octanol–water partition coefficient (Wildman–Crippen LogP) is 6.25. The van der Waals surface area contributed by atoms with Crippen molar-refractivity contribution in [1.82, 2.24) is 4.98 Å². The smallest absolute Gasteiger partial charge is 0.417 e. The van der Waals surface area contributed by atoms with Crippen molar-refractivity contribution in [3.63, 3.8) is 0 Å². The number of alkyl halides is 3. The zero-order valence-corrected chi connectivity index (χ0v) is 18.1. The Morgan fingerprint density at radius 1 is 1.09 bits per heavy atom. The van der Waals surface area contributed by atoms with Crippen LogP contribution in [0.2, 0.25) is 0 Å². The van der Waals surface area contributed by atoms with Gasteiger partial charge in [0.25, 0.3) is 0 Å². The van der Waals surface area contributed by atoms with Gasteiger partial charge in [0.1, 0.15) is 12.4 Å². The van der Waals surface area contributed by atoms with Gasteiger partial charge in [0.2, 0.25) is 0 Å². The van der Waals surface area contributed by atoms with Crippen molar-refractivity contribution in [3.05, 3.63) is 95.7 Å². The van der Waals surface area contributed by atoms with Gasteiger partial charge in [-0.05, 0) is 48.7 Å². The van der Waals surface area contributed by atoms with Crippen LogP contribution in [0.25, 0.3) is 0 Å². The summed E-state index contributed by atoms with van der Waals surface area (Å²) in [5.74, 6) is 1.40. The van der Waals surface area contributed by atoms with Crippen molar-refractivity contribution in [2.75, 3.05) is 12.0 Å². The molecular weight excluding hydrogens is 431 g/mol. The molecule has 0 unspecified atom stereocenters. The van der Waals surface area contributed by atoms with E-state index in [4.69, 9.17) is 9.47 Å². The highest BCUT2D eigenvalue weighted by atomic mass is 19.4. The molecule has 172 valence electrons. The molecule has 0 amide bonds. The lowest BCUT2D eigenvalue weighted by molar-refractivity contribution is -0.137. The van der Waals surface area contributed by atoms with Crippen LogP contribution in [0.4, 0.5) is 19.0 Å². The first-order chi connectivity index (χ1) is 15.9. The van der Waals surface area contributed by atoms with Gasteiger partial charge in [-0.15, -0.1) is 6.58 Å². The van der Waals surface area contributed by atoms with Crippen LogP contribution in [-0.4, -0.2) is 17.8 Å². The Bertz CT molecular complexity index is 1080. The molecule has 0 bridgehead atoms. The highest BCUT2D eigenvalue weighted by molar-refractivity contribution is 5.82. The van der Waals surface area contributed by atoms with Gasteiger partial charge in [-0.1, -0.05) is 36.4 Å². The Morgan fingerprint density at radius 2 is 1.88 bits per heavy atom. The molecule has 0 fully saturated rings. The van der Waals surface area contributed by atoms with E-state index < -0.39 is 11.7 Å². The number of rotatable bonds is 10. The minimum atomic E-state index is -4.43. The lowest BCUT2D eigenvalue weighted by Gasteiger charge is -2.16. The van der Waals surface area contributed by atoms with Crippen LogP contribution in [0.15, 0.2) is 78.6 Å². The number of aromatic nitrogens is 1. The van der Waals surface area contributed by atoms with E-state index in [0.29, 0.717) is 31.1 Å². The number of ether oxygens (including phenoxy) is 2. The molecule has 3 rings (SSSR count). The van der Waals surface area contributed by atoms with Crippen molar-refractivity contribution in [2.24, 2.45) is 5.10 Å². The van der Waals surface area contributed by atoms with Crippen molar-refractivity contribution in [3.8, 4) is 11.5 Å². The van der Waals surface area contributed by atoms with E-state index in [9.17, 15) is 13.2 Å². The van der Waals surface area contributed by atoms with Crippen LogP contribution in [-0.2, 0) is 19.2 Å². The summed E-state index contributed by atoms with van der Waals surface area (Å²) in [7, 11) is 0. The van der Waals surface area contributed by atoms with Crippen LogP contribution in [0.3, 0.4) is 0 Å². The number of hydrogen-bond acceptors (Lipinski definition) is 5. The normalized spacial score (nSPS) is 11.4. The molecule has 33 heavy (non-hydrogen) atoms. The number of pyridine rings is 1. The Labute approximate surface area is 190 Å². The molecule has 0 atom stereocenters. The van der Waals surface area contributed by atoms with Gasteiger partial charge in [-0.25, -0.2) is 4.98 Å². The fraction of sp³-hybridized carbons (Fsp3) is 0.200. The number of halogens is 3. The summed E-state index contributed by atoms with van der Waals surface area (Å²) >= 11 is 0. The van der Waals surface area contributed by atoms with E-state index in [0.717, 1.165) is 29.0 Å². The molecule has 1 aromatic heterocycles. The monoisotopic (exact) mass is 455 g/mol. The maximum absolute atomic E-state index is 12.7. The quantitative estimate of drug-likeness (QED) is 0.223. The molecule has 3 aromatic rings. The summed E-state index contributed by atoms with van der Waals surface area (Å²) in [4.78, 5) is 3.73. The van der Waals surface area contributed by atoms with Crippen molar-refractivity contribution < 1.29 is 22.6 Å². The maximum atomic E-state index is 12.7. The molecule has 5 nitrogen and oxygen atoms in total. The van der Waals surface area contributed by atoms with Gasteiger partial charge < -0.3 is 9.47 Å². The number of benzene rings is 2. The molecule has 8 heteroatoms. The van der Waals surface area contributed by atoms with E-state index in [1.54, 1.807) is 12.1 Å². The van der Waals surface area contributed by atoms with E-state index in [1.165, 1.54) is 12.3 Å². The standard InChI is InChI=1S/C25H24F3N3O2/c1-3-8-20-13-19(15-30-31-23-12-11-21(16-29-23)25(26,27)28)14-22(32-4-2)24(20)33-17-18-9-6-5-7-10-18/h3,5-7,9-16H,1,4,8,17H2,2H3,(H,29,31)/b30-15-. The van der Waals surface area contributed by atoms with Crippen LogP contribution in [0.5, 0.6) is 11.5 Å². The second kappa shape index (κ2) is 11.2. The summed E-state index contributed by atoms with van der Waals surface area (Å²) < 4.78 is 49.9. The maximum Gasteiger partial charge on any atom is 0.417 e. The second-order valence-corrected chi connectivity index (χ2v) is 7.01. The lowest BCUT2D eigenvalue weighted by Crippen LogP contribution is -2.06. The largest absolute Gasteiger partial charge is 0.490 e. The van der Waals surface area contributed by atoms with Crippen LogP contribution < -0.4 is 14.9 Å². The van der Waals surface area contributed by atoms with E-state index in [2.05, 4.69) is 22.1 Å². The first-order valence-electron chi connectivity index (χ1n) is 10.3. The first kappa shape index (κ1) is 23.8. The van der Waals surface area contributed by atoms with Crippen LogP contribution >= 0.6 is 0 Å². The van der Waals surface area contributed by atoms with Gasteiger partial charge in [0, 0.05) is 11.8 Å². The summed E-state index contributed by atoms with van der Waals surface area (Å²) in [5.41, 5.74) is 4.44. The zero-order chi connectivity index (χ0) is 23.7. The average molecular weight is 455 g/mol. The van der Waals surface area contributed by atoms with Crippen molar-refractivity contribution in [1.29, 1.82) is 0 Å². The zero-order valence-electron chi connectivity index (χ0n) is 18.1. The summed E-state index contributed by atoms with van der Waals surface area (Å²) in [6, 6.07) is 15.7. The molecule has 0 saturated carbocycles. The fourth-order valence-electron chi connectivity index (χ4n) is 3.02. The highest BCUT2D eigenvalue weighted by Crippen LogP contribution is 2.34. The third-order valence-electron chi connectivity index (χ3n) is 4.53. The number of hydrazone groups is 1. The Balaban J connectivity index is 1.79. The molecule has 0 spiro atoms. The molecule has 0 aliphatic heterocycles. The fourth-order valence-corrected chi connectivity index (χ4v) is 3.02. The molecule has 1 heterocycles. The third-order valence-corrected chi connectivity index (χ3v) is 4.53. The minimum absolute atomic E-state index is 0.193. The molecule has 0 radical (unpaired) electrons. The van der Waals surface area contributed by atoms with Crippen LogP contribution in [0, 0.1) is 0 Å². The number of hydrogen-bond donors (Lipinski definition) is 1. The van der Waals surface area contributed by atoms with Gasteiger partial charge in [-0.3, -0.25) is 5.43 Å². The lowest BCUT2D eigenvalue weighted by atomic mass is 10.1. The third kappa shape index (κ3) is 6.83. The highest BCUT2D eigenvalue weighted by Gasteiger charge is 2.30. The molecule has 0 saturated heterocycles. The van der Waals surface area contributed by atoms with Crippen molar-refractivity contribution in [2.45, 2.75) is 26.1 Å². The SMILES string of the molecule is C=CCc1cc(/C=N\Nc2ccc(C(F)(F)F)cn2)cc(OCC)c1OCc1ccccc1. The topological polar surface area (TPSA) is 55.7 Å². The summed E-state index contributed by atoms with van der Waals surface area (Å²) in [6.07, 6.45) is 0.184.